The number of nitrogens with one attached hydrogen (secondary N) is 1. The van der Waals surface area contributed by atoms with Gasteiger partial charge in [0.1, 0.15) is 5.76 Å². The molecule has 2 aromatic rings. The third-order valence-electron chi connectivity index (χ3n) is 2.39. The van der Waals surface area contributed by atoms with Gasteiger partial charge in [0, 0.05) is 25.9 Å². The van der Waals surface area contributed by atoms with Gasteiger partial charge in [0.25, 0.3) is 0 Å². The fourth-order valence-electron chi connectivity index (χ4n) is 1.46. The standard InChI is InChI=1S/C12H18N4OS2/c1-9(7-13-8-10-5-4-6-17-10)18-12-15-14-11(19-12)16(2)3/h4-6,9,13H,7-8H2,1-3H3. The molecule has 2 aromatic heterocycles. The van der Waals surface area contributed by atoms with E-state index in [1.165, 1.54) is 0 Å². The number of nitrogens with zero attached hydrogens (tertiary/aromatic N) is 3. The Kier molecular flexibility index (Phi) is 5.24. The van der Waals surface area contributed by atoms with Crippen molar-refractivity contribution in [2.75, 3.05) is 25.5 Å². The van der Waals surface area contributed by atoms with Gasteiger partial charge in [0.2, 0.25) is 5.13 Å². The molecule has 0 fully saturated rings. The van der Waals surface area contributed by atoms with Crippen molar-refractivity contribution < 1.29 is 4.42 Å². The number of anilines is 1. The monoisotopic (exact) mass is 298 g/mol. The van der Waals surface area contributed by atoms with Crippen LogP contribution in [0.1, 0.15) is 12.7 Å². The first-order valence-electron chi connectivity index (χ1n) is 6.05. The Balaban J connectivity index is 1.72. The molecule has 0 aliphatic carbocycles. The fourth-order valence-corrected chi connectivity index (χ4v) is 3.50. The fraction of sp³-hybridized carbons (Fsp3) is 0.500. The summed E-state index contributed by atoms with van der Waals surface area (Å²) < 4.78 is 6.28. The van der Waals surface area contributed by atoms with Crippen LogP contribution in [-0.2, 0) is 6.54 Å². The summed E-state index contributed by atoms with van der Waals surface area (Å²) in [6.07, 6.45) is 1.69. The van der Waals surface area contributed by atoms with E-state index in [2.05, 4.69) is 22.4 Å². The highest BCUT2D eigenvalue weighted by Gasteiger charge is 2.10. The molecule has 2 rings (SSSR count). The van der Waals surface area contributed by atoms with Crippen molar-refractivity contribution in [3.8, 4) is 0 Å². The molecule has 0 bridgehead atoms. The van der Waals surface area contributed by atoms with Crippen LogP contribution in [0.2, 0.25) is 0 Å². The number of thioether (sulfide) groups is 1. The van der Waals surface area contributed by atoms with Gasteiger partial charge in [-0.15, -0.1) is 10.2 Å². The lowest BCUT2D eigenvalue weighted by Crippen LogP contribution is -2.21. The van der Waals surface area contributed by atoms with Crippen LogP contribution in [0, 0.1) is 0 Å². The number of furan rings is 1. The van der Waals surface area contributed by atoms with Crippen molar-refractivity contribution in [1.82, 2.24) is 15.5 Å². The number of hydrogen-bond acceptors (Lipinski definition) is 7. The Hall–Kier alpha value is -1.05. The van der Waals surface area contributed by atoms with Gasteiger partial charge in [-0.3, -0.25) is 0 Å². The van der Waals surface area contributed by atoms with Gasteiger partial charge >= 0.3 is 0 Å². The normalized spacial score (nSPS) is 12.6. The molecule has 0 aliphatic heterocycles. The second-order valence-electron chi connectivity index (χ2n) is 4.38. The lowest BCUT2D eigenvalue weighted by molar-refractivity contribution is 0.484. The average Bonchev–Trinajstić information content (AvgIpc) is 3.00. The second-order valence-corrected chi connectivity index (χ2v) is 7.03. The van der Waals surface area contributed by atoms with Crippen molar-refractivity contribution in [3.63, 3.8) is 0 Å². The third kappa shape index (κ3) is 4.52. The minimum Gasteiger partial charge on any atom is -0.468 e. The second kappa shape index (κ2) is 6.93. The van der Waals surface area contributed by atoms with E-state index in [0.717, 1.165) is 28.3 Å². The van der Waals surface area contributed by atoms with E-state index < -0.39 is 0 Å². The Morgan fingerprint density at radius 2 is 2.32 bits per heavy atom. The third-order valence-corrected chi connectivity index (χ3v) is 4.67. The molecule has 2 heterocycles. The molecular weight excluding hydrogens is 280 g/mol. The molecule has 1 unspecified atom stereocenters. The summed E-state index contributed by atoms with van der Waals surface area (Å²) in [5.41, 5.74) is 0. The van der Waals surface area contributed by atoms with Gasteiger partial charge in [-0.1, -0.05) is 30.0 Å². The Labute approximate surface area is 121 Å². The largest absolute Gasteiger partial charge is 0.468 e. The van der Waals surface area contributed by atoms with Gasteiger partial charge in [0.05, 0.1) is 12.8 Å². The molecule has 0 saturated carbocycles. The topological polar surface area (TPSA) is 54.2 Å². The molecule has 1 N–H and O–H groups in total. The minimum absolute atomic E-state index is 0.443. The van der Waals surface area contributed by atoms with Crippen LogP contribution in [0.5, 0.6) is 0 Å². The van der Waals surface area contributed by atoms with Crippen molar-refractivity contribution in [1.29, 1.82) is 0 Å². The van der Waals surface area contributed by atoms with E-state index >= 15 is 0 Å². The first kappa shape index (κ1) is 14.4. The van der Waals surface area contributed by atoms with Gasteiger partial charge in [-0.2, -0.15) is 0 Å². The van der Waals surface area contributed by atoms with Crippen molar-refractivity contribution in [2.45, 2.75) is 23.1 Å². The SMILES string of the molecule is CC(CNCc1ccco1)Sc1nnc(N(C)C)s1. The molecule has 104 valence electrons. The number of aromatic nitrogens is 2. The molecular formula is C12H18N4OS2. The zero-order chi connectivity index (χ0) is 13.7. The molecule has 0 radical (unpaired) electrons. The summed E-state index contributed by atoms with van der Waals surface area (Å²) in [5, 5.41) is 13.1. The lowest BCUT2D eigenvalue weighted by atomic mass is 10.4. The molecule has 5 nitrogen and oxygen atoms in total. The molecule has 0 aromatic carbocycles. The molecule has 0 amide bonds. The van der Waals surface area contributed by atoms with Crippen molar-refractivity contribution >= 4 is 28.2 Å². The van der Waals surface area contributed by atoms with Gasteiger partial charge in [0.15, 0.2) is 4.34 Å². The lowest BCUT2D eigenvalue weighted by Gasteiger charge is -2.09. The predicted molar refractivity (Wildman–Crippen MR) is 80.0 cm³/mol. The highest BCUT2D eigenvalue weighted by molar-refractivity contribution is 8.01. The van der Waals surface area contributed by atoms with Crippen LogP contribution in [0.15, 0.2) is 27.2 Å². The summed E-state index contributed by atoms with van der Waals surface area (Å²) in [4.78, 5) is 1.97. The van der Waals surface area contributed by atoms with Crippen LogP contribution in [0.25, 0.3) is 0 Å². The van der Waals surface area contributed by atoms with Crippen molar-refractivity contribution in [3.05, 3.63) is 24.2 Å². The zero-order valence-corrected chi connectivity index (χ0v) is 12.9. The summed E-state index contributed by atoms with van der Waals surface area (Å²) in [7, 11) is 3.95. The average molecular weight is 298 g/mol. The highest BCUT2D eigenvalue weighted by Crippen LogP contribution is 2.29. The van der Waals surface area contributed by atoms with E-state index in [4.69, 9.17) is 4.42 Å². The minimum atomic E-state index is 0.443. The highest BCUT2D eigenvalue weighted by atomic mass is 32.2. The Morgan fingerprint density at radius 1 is 1.47 bits per heavy atom. The van der Waals surface area contributed by atoms with Crippen LogP contribution < -0.4 is 10.2 Å². The first-order chi connectivity index (χ1) is 9.15. The maximum Gasteiger partial charge on any atom is 0.208 e. The zero-order valence-electron chi connectivity index (χ0n) is 11.3. The van der Waals surface area contributed by atoms with Gasteiger partial charge in [-0.25, -0.2) is 0 Å². The van der Waals surface area contributed by atoms with Crippen LogP contribution >= 0.6 is 23.1 Å². The van der Waals surface area contributed by atoms with E-state index in [0.29, 0.717) is 5.25 Å². The maximum absolute atomic E-state index is 5.27. The quantitative estimate of drug-likeness (QED) is 0.793. The van der Waals surface area contributed by atoms with Crippen molar-refractivity contribution in [2.24, 2.45) is 0 Å². The van der Waals surface area contributed by atoms with E-state index in [-0.39, 0.29) is 0 Å². The number of hydrogen-bond donors (Lipinski definition) is 1. The maximum atomic E-state index is 5.27. The molecule has 1 atom stereocenters. The van der Waals surface area contributed by atoms with Crippen LogP contribution in [-0.4, -0.2) is 36.1 Å². The van der Waals surface area contributed by atoms with E-state index in [1.807, 2.05) is 31.1 Å². The molecule has 19 heavy (non-hydrogen) atoms. The Bertz CT molecular complexity index is 484. The summed E-state index contributed by atoms with van der Waals surface area (Å²) in [6, 6.07) is 3.87. The van der Waals surface area contributed by atoms with Crippen LogP contribution in [0.4, 0.5) is 5.13 Å². The molecule has 0 aliphatic rings. The molecule has 0 spiro atoms. The van der Waals surface area contributed by atoms with Gasteiger partial charge < -0.3 is 14.6 Å². The smallest absolute Gasteiger partial charge is 0.208 e. The van der Waals surface area contributed by atoms with Crippen LogP contribution in [0.3, 0.4) is 0 Å². The molecule has 7 heteroatoms. The predicted octanol–water partition coefficient (Wildman–Crippen LogP) is 2.47. The van der Waals surface area contributed by atoms with Gasteiger partial charge in [-0.05, 0) is 12.1 Å². The first-order valence-corrected chi connectivity index (χ1v) is 7.75. The summed E-state index contributed by atoms with van der Waals surface area (Å²) >= 11 is 3.37. The molecule has 0 saturated heterocycles. The van der Waals surface area contributed by atoms with E-state index in [9.17, 15) is 0 Å². The summed E-state index contributed by atoms with van der Waals surface area (Å²) in [5.74, 6) is 0.961. The summed E-state index contributed by atoms with van der Waals surface area (Å²) in [6.45, 7) is 3.84. The Morgan fingerprint density at radius 3 is 2.95 bits per heavy atom. The number of rotatable bonds is 7. The van der Waals surface area contributed by atoms with E-state index in [1.54, 1.807) is 29.4 Å².